The number of halogens is 2. The number of piperidine rings is 1. The van der Waals surface area contributed by atoms with Gasteiger partial charge < -0.3 is 14.5 Å². The normalized spacial score (nSPS) is 17.5. The van der Waals surface area contributed by atoms with E-state index in [0.717, 1.165) is 18.4 Å². The maximum absolute atomic E-state index is 13.4. The van der Waals surface area contributed by atoms with Gasteiger partial charge in [-0.05, 0) is 60.9 Å². The van der Waals surface area contributed by atoms with Crippen LogP contribution in [-0.4, -0.2) is 48.4 Å². The van der Waals surface area contributed by atoms with E-state index in [4.69, 9.17) is 16.3 Å². The molecule has 0 aliphatic carbocycles. The Morgan fingerprint density at radius 2 is 1.81 bits per heavy atom. The van der Waals surface area contributed by atoms with Gasteiger partial charge in [0.05, 0.1) is 6.61 Å². The number of carbonyl (C=O) groups excluding carboxylic acids is 2. The van der Waals surface area contributed by atoms with Crippen molar-refractivity contribution >= 4 is 23.4 Å². The van der Waals surface area contributed by atoms with E-state index in [9.17, 15) is 14.0 Å². The average molecular weight is 509 g/mol. The monoisotopic (exact) mass is 508 g/mol. The second-order valence-electron chi connectivity index (χ2n) is 9.50. The Kier molecular flexibility index (Phi) is 8.26. The number of rotatable bonds is 8. The highest BCUT2D eigenvalue weighted by molar-refractivity contribution is 6.30. The van der Waals surface area contributed by atoms with Gasteiger partial charge in [0.25, 0.3) is 5.91 Å². The minimum absolute atomic E-state index is 0.00960. The molecule has 36 heavy (non-hydrogen) atoms. The van der Waals surface area contributed by atoms with E-state index in [1.165, 1.54) is 24.3 Å². The minimum Gasteiger partial charge on any atom is -0.493 e. The third-order valence-corrected chi connectivity index (χ3v) is 6.83. The lowest BCUT2D eigenvalue weighted by atomic mass is 9.77. The van der Waals surface area contributed by atoms with Crippen molar-refractivity contribution in [1.29, 1.82) is 0 Å². The summed E-state index contributed by atoms with van der Waals surface area (Å²) in [4.78, 5) is 30.1. The van der Waals surface area contributed by atoms with Crippen LogP contribution in [0.1, 0.15) is 35.2 Å². The highest BCUT2D eigenvalue weighted by atomic mass is 35.5. The van der Waals surface area contributed by atoms with Gasteiger partial charge in [0.1, 0.15) is 11.6 Å². The Balaban J connectivity index is 1.53. The number of carbonyl (C=O) groups is 2. The van der Waals surface area contributed by atoms with Gasteiger partial charge in [-0.1, -0.05) is 48.0 Å². The molecule has 3 aromatic rings. The van der Waals surface area contributed by atoms with Gasteiger partial charge in [-0.2, -0.15) is 0 Å². The predicted octanol–water partition coefficient (Wildman–Crippen LogP) is 5.83. The van der Waals surface area contributed by atoms with E-state index in [1.54, 1.807) is 29.0 Å². The molecule has 3 aromatic carbocycles. The molecule has 0 aromatic heterocycles. The molecule has 1 atom stereocenters. The van der Waals surface area contributed by atoms with E-state index < -0.39 is 5.41 Å². The molecule has 0 N–H and O–H groups in total. The summed E-state index contributed by atoms with van der Waals surface area (Å²) in [5.41, 5.74) is 0.906. The Morgan fingerprint density at radius 1 is 1.06 bits per heavy atom. The van der Waals surface area contributed by atoms with E-state index in [-0.39, 0.29) is 30.7 Å². The molecular formula is C29H30ClFN2O3. The maximum atomic E-state index is 13.4. The summed E-state index contributed by atoms with van der Waals surface area (Å²) >= 11 is 6.13. The molecule has 188 valence electrons. The number of amides is 2. The fourth-order valence-corrected chi connectivity index (χ4v) is 4.84. The highest BCUT2D eigenvalue weighted by Crippen LogP contribution is 2.36. The molecule has 0 unspecified atom stereocenters. The maximum Gasteiger partial charge on any atom is 0.253 e. The molecule has 0 radical (unpaired) electrons. The zero-order valence-corrected chi connectivity index (χ0v) is 21.1. The minimum atomic E-state index is -0.571. The fourth-order valence-electron chi connectivity index (χ4n) is 4.66. The van der Waals surface area contributed by atoms with Crippen molar-refractivity contribution in [3.05, 3.63) is 101 Å². The first kappa shape index (κ1) is 25.7. The first-order chi connectivity index (χ1) is 17.3. The molecule has 1 heterocycles. The summed E-state index contributed by atoms with van der Waals surface area (Å²) in [5.74, 6) is 0.0482. The third kappa shape index (κ3) is 6.64. The number of hydrogen-bond donors (Lipinski definition) is 0. The topological polar surface area (TPSA) is 49.9 Å². The van der Waals surface area contributed by atoms with E-state index in [2.05, 4.69) is 0 Å². The van der Waals surface area contributed by atoms with Crippen LogP contribution in [0.25, 0.3) is 0 Å². The van der Waals surface area contributed by atoms with Crippen LogP contribution in [0.4, 0.5) is 4.39 Å². The number of nitrogens with zero attached hydrogens (tertiary/aromatic N) is 2. The van der Waals surface area contributed by atoms with Crippen molar-refractivity contribution in [2.24, 2.45) is 5.41 Å². The Morgan fingerprint density at radius 3 is 2.53 bits per heavy atom. The van der Waals surface area contributed by atoms with E-state index >= 15 is 0 Å². The van der Waals surface area contributed by atoms with Crippen LogP contribution in [0.15, 0.2) is 78.9 Å². The lowest BCUT2D eigenvalue weighted by Gasteiger charge is -2.43. The molecule has 0 saturated carbocycles. The van der Waals surface area contributed by atoms with Crippen LogP contribution in [0.5, 0.6) is 5.75 Å². The Bertz CT molecular complexity index is 1190. The van der Waals surface area contributed by atoms with Crippen LogP contribution < -0.4 is 4.74 Å². The standard InChI is InChI=1S/C29H30ClFN2O3/c1-32(19-22-7-3-2-4-8-22)27(34)18-29(21-36-26-10-5-9-24(30)17-26)15-6-16-33(20-29)28(35)23-11-13-25(31)14-12-23/h2-5,7-14,17H,6,15-16,18-21H2,1H3/t29-/m0/s1. The molecule has 1 fully saturated rings. The first-order valence-corrected chi connectivity index (χ1v) is 12.4. The van der Waals surface area contributed by atoms with Gasteiger partial charge in [0, 0.05) is 49.1 Å². The molecule has 7 heteroatoms. The molecule has 5 nitrogen and oxygen atoms in total. The summed E-state index contributed by atoms with van der Waals surface area (Å²) < 4.78 is 19.5. The van der Waals surface area contributed by atoms with Crippen molar-refractivity contribution < 1.29 is 18.7 Å². The number of benzene rings is 3. The van der Waals surface area contributed by atoms with Crippen molar-refractivity contribution in [1.82, 2.24) is 9.80 Å². The van der Waals surface area contributed by atoms with Gasteiger partial charge >= 0.3 is 0 Å². The summed E-state index contributed by atoms with van der Waals surface area (Å²) in [6.07, 6.45) is 1.72. The number of ether oxygens (including phenoxy) is 1. The number of likely N-dealkylation sites (tertiary alicyclic amines) is 1. The van der Waals surface area contributed by atoms with E-state index in [1.807, 2.05) is 42.5 Å². The number of hydrogen-bond acceptors (Lipinski definition) is 3. The molecule has 0 bridgehead atoms. The SMILES string of the molecule is CN(Cc1ccccc1)C(=O)C[C@@]1(COc2cccc(Cl)c2)CCCN(C(=O)c2ccc(F)cc2)C1. The smallest absolute Gasteiger partial charge is 0.253 e. The Hall–Kier alpha value is -3.38. The van der Waals surface area contributed by atoms with E-state index in [0.29, 0.717) is 36.0 Å². The van der Waals surface area contributed by atoms with Crippen LogP contribution >= 0.6 is 11.6 Å². The summed E-state index contributed by atoms with van der Waals surface area (Å²) in [7, 11) is 1.80. The van der Waals surface area contributed by atoms with Crippen molar-refractivity contribution in [3.63, 3.8) is 0 Å². The zero-order valence-electron chi connectivity index (χ0n) is 20.3. The largest absolute Gasteiger partial charge is 0.493 e. The summed E-state index contributed by atoms with van der Waals surface area (Å²) in [6, 6.07) is 22.6. The molecular weight excluding hydrogens is 479 g/mol. The van der Waals surface area contributed by atoms with Crippen molar-refractivity contribution in [2.75, 3.05) is 26.7 Å². The molecule has 2 amide bonds. The highest BCUT2D eigenvalue weighted by Gasteiger charge is 2.40. The summed E-state index contributed by atoms with van der Waals surface area (Å²) in [5, 5.41) is 0.567. The quantitative estimate of drug-likeness (QED) is 0.384. The fraction of sp³-hybridized carbons (Fsp3) is 0.310. The average Bonchev–Trinajstić information content (AvgIpc) is 2.88. The van der Waals surface area contributed by atoms with Gasteiger partial charge in [0.2, 0.25) is 5.91 Å². The third-order valence-electron chi connectivity index (χ3n) is 6.60. The van der Waals surface area contributed by atoms with Crippen molar-refractivity contribution in [2.45, 2.75) is 25.8 Å². The second-order valence-corrected chi connectivity index (χ2v) is 9.93. The van der Waals surface area contributed by atoms with Gasteiger partial charge in [-0.25, -0.2) is 4.39 Å². The Labute approximate surface area is 216 Å². The van der Waals surface area contributed by atoms with Crippen LogP contribution in [0.3, 0.4) is 0 Å². The molecule has 4 rings (SSSR count). The molecule has 1 saturated heterocycles. The summed E-state index contributed by atoms with van der Waals surface area (Å²) in [6.45, 7) is 1.71. The molecule has 1 aliphatic rings. The predicted molar refractivity (Wildman–Crippen MR) is 138 cm³/mol. The van der Waals surface area contributed by atoms with Gasteiger partial charge in [-0.15, -0.1) is 0 Å². The lowest BCUT2D eigenvalue weighted by Crippen LogP contribution is -2.50. The second kappa shape index (κ2) is 11.6. The molecule has 0 spiro atoms. The van der Waals surface area contributed by atoms with Crippen LogP contribution in [-0.2, 0) is 11.3 Å². The zero-order chi connectivity index (χ0) is 25.5. The first-order valence-electron chi connectivity index (χ1n) is 12.0. The van der Waals surface area contributed by atoms with Crippen molar-refractivity contribution in [3.8, 4) is 5.75 Å². The van der Waals surface area contributed by atoms with Crippen LogP contribution in [0.2, 0.25) is 5.02 Å². The molecule has 1 aliphatic heterocycles. The van der Waals surface area contributed by atoms with Crippen LogP contribution in [0, 0.1) is 11.2 Å². The van der Waals surface area contributed by atoms with Gasteiger partial charge in [-0.3, -0.25) is 9.59 Å². The lowest BCUT2D eigenvalue weighted by molar-refractivity contribution is -0.134. The van der Waals surface area contributed by atoms with Gasteiger partial charge in [0.15, 0.2) is 0 Å².